The number of piperazine rings is 1. The average molecular weight is 283 g/mol. The number of benzene rings is 1. The highest BCUT2D eigenvalue weighted by molar-refractivity contribution is 7.90. The number of nitrogens with one attached hydrogen (secondary N) is 3. The Morgan fingerprint density at radius 1 is 1.26 bits per heavy atom. The molecule has 1 heterocycles. The van der Waals surface area contributed by atoms with E-state index in [1.807, 2.05) is 4.72 Å². The molecule has 1 aromatic carbocycles. The van der Waals surface area contributed by atoms with E-state index in [1.54, 1.807) is 18.2 Å². The molecule has 0 aromatic heterocycles. The molecule has 3 N–H and O–H groups in total. The Kier molecular flexibility index (Phi) is 3.82. The molecule has 7 nitrogen and oxygen atoms in total. The number of hydrogen-bond acceptors (Lipinski definition) is 5. The molecule has 1 unspecified atom stereocenters. The molecular weight excluding hydrogens is 270 g/mol. The second-order valence-electron chi connectivity index (χ2n) is 4.02. The highest BCUT2D eigenvalue weighted by Gasteiger charge is 2.27. The maximum atomic E-state index is 11.9. The van der Waals surface area contributed by atoms with Crippen molar-refractivity contribution < 1.29 is 18.0 Å². The Labute approximate surface area is 110 Å². The summed E-state index contributed by atoms with van der Waals surface area (Å²) in [7, 11) is -3.87. The lowest BCUT2D eigenvalue weighted by molar-refractivity contribution is -0.125. The Balaban J connectivity index is 2.05. The van der Waals surface area contributed by atoms with E-state index in [0.717, 1.165) is 0 Å². The predicted molar refractivity (Wildman–Crippen MR) is 66.6 cm³/mol. The third kappa shape index (κ3) is 3.30. The average Bonchev–Trinajstić information content (AvgIpc) is 2.40. The van der Waals surface area contributed by atoms with Crippen LogP contribution in [0.15, 0.2) is 35.2 Å². The van der Waals surface area contributed by atoms with Gasteiger partial charge in [-0.25, -0.2) is 13.1 Å². The van der Waals surface area contributed by atoms with Crippen LogP contribution in [-0.2, 0) is 19.6 Å². The largest absolute Gasteiger partial charge is 0.353 e. The van der Waals surface area contributed by atoms with E-state index in [1.165, 1.54) is 12.1 Å². The van der Waals surface area contributed by atoms with Crippen LogP contribution < -0.4 is 15.4 Å². The lowest BCUT2D eigenvalue weighted by atomic mass is 10.2. The van der Waals surface area contributed by atoms with Gasteiger partial charge in [0.1, 0.15) is 6.04 Å². The van der Waals surface area contributed by atoms with Crippen LogP contribution in [0, 0.1) is 0 Å². The monoisotopic (exact) mass is 283 g/mol. The highest BCUT2D eigenvalue weighted by Crippen LogP contribution is 2.07. The summed E-state index contributed by atoms with van der Waals surface area (Å²) < 4.78 is 25.8. The van der Waals surface area contributed by atoms with E-state index in [2.05, 4.69) is 10.6 Å². The molecule has 2 rings (SSSR count). The van der Waals surface area contributed by atoms with Crippen molar-refractivity contribution in [3.8, 4) is 0 Å². The number of sulfonamides is 1. The number of hydrogen-bond donors (Lipinski definition) is 3. The molecular formula is C11H13N3O4S. The lowest BCUT2D eigenvalue weighted by Gasteiger charge is -2.22. The molecule has 1 atom stereocenters. The van der Waals surface area contributed by atoms with Crippen LogP contribution in [0.5, 0.6) is 0 Å². The Hall–Kier alpha value is -1.93. The SMILES string of the molecule is O=C1CNC(C(=O)NS(=O)(=O)c2ccccc2)CN1. The summed E-state index contributed by atoms with van der Waals surface area (Å²) in [6.45, 7) is 0.0540. The van der Waals surface area contributed by atoms with Crippen LogP contribution in [-0.4, -0.2) is 39.4 Å². The quantitative estimate of drug-likeness (QED) is 0.631. The maximum Gasteiger partial charge on any atom is 0.264 e. The minimum atomic E-state index is -3.87. The second kappa shape index (κ2) is 5.37. The molecule has 1 aromatic rings. The van der Waals surface area contributed by atoms with Crippen molar-refractivity contribution in [1.82, 2.24) is 15.4 Å². The van der Waals surface area contributed by atoms with Crippen LogP contribution >= 0.6 is 0 Å². The molecule has 0 radical (unpaired) electrons. The van der Waals surface area contributed by atoms with Gasteiger partial charge in [-0.05, 0) is 12.1 Å². The molecule has 0 bridgehead atoms. The lowest BCUT2D eigenvalue weighted by Crippen LogP contribution is -2.58. The first-order valence-corrected chi connectivity index (χ1v) is 7.09. The van der Waals surface area contributed by atoms with Gasteiger partial charge in [-0.3, -0.25) is 14.9 Å². The zero-order valence-electron chi connectivity index (χ0n) is 9.92. The number of rotatable bonds is 3. The summed E-state index contributed by atoms with van der Waals surface area (Å²) in [6, 6.07) is 6.85. The van der Waals surface area contributed by atoms with Gasteiger partial charge in [0.2, 0.25) is 5.91 Å². The molecule has 8 heteroatoms. The third-order valence-electron chi connectivity index (χ3n) is 2.62. The van der Waals surface area contributed by atoms with Gasteiger partial charge in [0.15, 0.2) is 0 Å². The van der Waals surface area contributed by atoms with Crippen LogP contribution in [0.3, 0.4) is 0 Å². The fourth-order valence-electron chi connectivity index (χ4n) is 1.61. The molecule has 1 saturated heterocycles. The molecule has 102 valence electrons. The van der Waals surface area contributed by atoms with Gasteiger partial charge >= 0.3 is 0 Å². The minimum Gasteiger partial charge on any atom is -0.353 e. The van der Waals surface area contributed by atoms with E-state index < -0.39 is 22.0 Å². The predicted octanol–water partition coefficient (Wildman–Crippen LogP) is -1.42. The van der Waals surface area contributed by atoms with Crippen molar-refractivity contribution in [2.24, 2.45) is 0 Å². The summed E-state index contributed by atoms with van der Waals surface area (Å²) >= 11 is 0. The second-order valence-corrected chi connectivity index (χ2v) is 5.70. The van der Waals surface area contributed by atoms with Crippen molar-refractivity contribution in [3.05, 3.63) is 30.3 Å². The van der Waals surface area contributed by atoms with Gasteiger partial charge in [-0.2, -0.15) is 0 Å². The molecule has 0 spiro atoms. The highest BCUT2D eigenvalue weighted by atomic mass is 32.2. The molecule has 2 amide bonds. The van der Waals surface area contributed by atoms with Gasteiger partial charge in [0.05, 0.1) is 11.4 Å². The van der Waals surface area contributed by atoms with Crippen molar-refractivity contribution in [3.63, 3.8) is 0 Å². The smallest absolute Gasteiger partial charge is 0.264 e. The van der Waals surface area contributed by atoms with E-state index in [0.29, 0.717) is 0 Å². The van der Waals surface area contributed by atoms with Crippen LogP contribution in [0.2, 0.25) is 0 Å². The number of carbonyl (C=O) groups excluding carboxylic acids is 2. The third-order valence-corrected chi connectivity index (χ3v) is 3.98. The van der Waals surface area contributed by atoms with Crippen LogP contribution in [0.1, 0.15) is 0 Å². The normalized spacial score (nSPS) is 19.6. The first-order chi connectivity index (χ1) is 8.99. The summed E-state index contributed by atoms with van der Waals surface area (Å²) in [5.41, 5.74) is 0. The summed E-state index contributed by atoms with van der Waals surface area (Å²) in [5, 5.41) is 5.14. The Morgan fingerprint density at radius 3 is 2.53 bits per heavy atom. The van der Waals surface area contributed by atoms with Crippen molar-refractivity contribution in [1.29, 1.82) is 0 Å². The van der Waals surface area contributed by atoms with Crippen molar-refractivity contribution >= 4 is 21.8 Å². The van der Waals surface area contributed by atoms with E-state index >= 15 is 0 Å². The summed E-state index contributed by atoms with van der Waals surface area (Å²) in [6.07, 6.45) is 0. The molecule has 1 aliphatic rings. The zero-order valence-corrected chi connectivity index (χ0v) is 10.7. The fourth-order valence-corrected chi connectivity index (χ4v) is 2.65. The van der Waals surface area contributed by atoms with E-state index in [9.17, 15) is 18.0 Å². The van der Waals surface area contributed by atoms with Crippen LogP contribution in [0.4, 0.5) is 0 Å². The molecule has 0 saturated carbocycles. The summed E-state index contributed by atoms with van der Waals surface area (Å²) in [5.74, 6) is -0.918. The van der Waals surface area contributed by atoms with Crippen LogP contribution in [0.25, 0.3) is 0 Å². The van der Waals surface area contributed by atoms with Gasteiger partial charge in [-0.1, -0.05) is 18.2 Å². The van der Waals surface area contributed by atoms with E-state index in [-0.39, 0.29) is 23.9 Å². The topological polar surface area (TPSA) is 104 Å². The molecule has 1 aliphatic heterocycles. The zero-order chi connectivity index (χ0) is 13.9. The standard InChI is InChI=1S/C11H13N3O4S/c15-10-7-12-9(6-13-10)11(16)14-19(17,18)8-4-2-1-3-5-8/h1-5,9,12H,6-7H2,(H,13,15)(H,14,16). The van der Waals surface area contributed by atoms with Gasteiger partial charge < -0.3 is 5.32 Å². The van der Waals surface area contributed by atoms with E-state index in [4.69, 9.17) is 0 Å². The number of amides is 2. The number of carbonyl (C=O) groups is 2. The molecule has 1 fully saturated rings. The Morgan fingerprint density at radius 2 is 1.95 bits per heavy atom. The Bertz CT molecular complexity index is 575. The summed E-state index contributed by atoms with van der Waals surface area (Å²) in [4.78, 5) is 22.7. The van der Waals surface area contributed by atoms with Crippen molar-refractivity contribution in [2.45, 2.75) is 10.9 Å². The fraction of sp³-hybridized carbons (Fsp3) is 0.273. The maximum absolute atomic E-state index is 11.9. The van der Waals surface area contributed by atoms with Gasteiger partial charge in [0.25, 0.3) is 15.9 Å². The molecule has 19 heavy (non-hydrogen) atoms. The van der Waals surface area contributed by atoms with Gasteiger partial charge in [0, 0.05) is 6.54 Å². The first kappa shape index (κ1) is 13.5. The van der Waals surface area contributed by atoms with Gasteiger partial charge in [-0.15, -0.1) is 0 Å². The van der Waals surface area contributed by atoms with Crippen molar-refractivity contribution in [2.75, 3.05) is 13.1 Å². The minimum absolute atomic E-state index is 0.0104. The molecule has 0 aliphatic carbocycles. The first-order valence-electron chi connectivity index (χ1n) is 5.61.